The Kier molecular flexibility index (Phi) is 6.16. The van der Waals surface area contributed by atoms with Gasteiger partial charge in [0.05, 0.1) is 7.11 Å². The largest absolute Gasteiger partial charge is 0.497 e. The molecule has 68 valence electrons. The van der Waals surface area contributed by atoms with Crippen LogP contribution in [-0.2, 0) is 4.74 Å². The molecule has 0 unspecified atom stereocenters. The molecule has 0 N–H and O–H groups in total. The van der Waals surface area contributed by atoms with Crippen molar-refractivity contribution in [3.63, 3.8) is 0 Å². The van der Waals surface area contributed by atoms with Gasteiger partial charge in [0.15, 0.2) is 0 Å². The first-order chi connectivity index (χ1) is 5.74. The molecule has 0 atom stereocenters. The predicted molar refractivity (Wildman–Crippen MR) is 54.0 cm³/mol. The Balaban J connectivity index is 4.02. The van der Waals surface area contributed by atoms with Crippen LogP contribution >= 0.6 is 0 Å². The molecule has 0 aromatic rings. The number of ether oxygens (including phenoxy) is 1. The van der Waals surface area contributed by atoms with Crippen molar-refractivity contribution >= 4 is 0 Å². The zero-order chi connectivity index (χ0) is 9.40. The summed E-state index contributed by atoms with van der Waals surface area (Å²) < 4.78 is 4.91. The SMILES string of the molecule is C=C(/C=C\C(=C/C)CCC)OC. The summed E-state index contributed by atoms with van der Waals surface area (Å²) >= 11 is 0. The van der Waals surface area contributed by atoms with Crippen LogP contribution in [0.25, 0.3) is 0 Å². The molecule has 0 aromatic heterocycles. The standard InChI is InChI=1S/C11H18O/c1-5-7-11(6-2)9-8-10(3)12-4/h6,8-9H,3,5,7H2,1-2,4H3/b9-8-,11-6-. The number of hydrogen-bond acceptors (Lipinski definition) is 1. The fourth-order valence-corrected chi connectivity index (χ4v) is 0.881. The molecule has 0 aliphatic heterocycles. The average molecular weight is 166 g/mol. The monoisotopic (exact) mass is 166 g/mol. The molecular weight excluding hydrogens is 148 g/mol. The van der Waals surface area contributed by atoms with E-state index in [1.165, 1.54) is 12.0 Å². The van der Waals surface area contributed by atoms with E-state index in [0.29, 0.717) is 5.76 Å². The molecule has 0 spiro atoms. The van der Waals surface area contributed by atoms with Gasteiger partial charge in [-0.3, -0.25) is 0 Å². The summed E-state index contributed by atoms with van der Waals surface area (Å²) in [6.45, 7) is 7.92. The first-order valence-electron chi connectivity index (χ1n) is 4.30. The van der Waals surface area contributed by atoms with Crippen LogP contribution in [0.1, 0.15) is 26.7 Å². The van der Waals surface area contributed by atoms with Gasteiger partial charge < -0.3 is 4.74 Å². The van der Waals surface area contributed by atoms with E-state index in [1.807, 2.05) is 13.0 Å². The number of hydrogen-bond donors (Lipinski definition) is 0. The topological polar surface area (TPSA) is 9.23 Å². The van der Waals surface area contributed by atoms with E-state index in [9.17, 15) is 0 Å². The summed E-state index contributed by atoms with van der Waals surface area (Å²) in [4.78, 5) is 0. The Morgan fingerprint density at radius 3 is 2.50 bits per heavy atom. The molecule has 0 saturated heterocycles. The van der Waals surface area contributed by atoms with E-state index < -0.39 is 0 Å². The zero-order valence-corrected chi connectivity index (χ0v) is 8.26. The van der Waals surface area contributed by atoms with Gasteiger partial charge in [-0.2, -0.15) is 0 Å². The van der Waals surface area contributed by atoms with Gasteiger partial charge in [-0.15, -0.1) is 0 Å². The lowest BCUT2D eigenvalue weighted by Gasteiger charge is -1.99. The second-order valence-corrected chi connectivity index (χ2v) is 2.62. The van der Waals surface area contributed by atoms with Crippen molar-refractivity contribution in [2.45, 2.75) is 26.7 Å². The second kappa shape index (κ2) is 6.71. The van der Waals surface area contributed by atoms with Crippen LogP contribution in [0.2, 0.25) is 0 Å². The molecule has 0 radical (unpaired) electrons. The molecule has 0 aliphatic carbocycles. The Labute approximate surface area is 75.4 Å². The fraction of sp³-hybridized carbons (Fsp3) is 0.455. The Morgan fingerprint density at radius 1 is 1.42 bits per heavy atom. The molecule has 0 saturated carbocycles. The molecule has 0 fully saturated rings. The van der Waals surface area contributed by atoms with Gasteiger partial charge >= 0.3 is 0 Å². The Hall–Kier alpha value is -0.980. The quantitative estimate of drug-likeness (QED) is 0.449. The smallest absolute Gasteiger partial charge is 0.111 e. The fourth-order valence-electron chi connectivity index (χ4n) is 0.881. The first kappa shape index (κ1) is 11.0. The van der Waals surface area contributed by atoms with Gasteiger partial charge in [-0.05, 0) is 19.4 Å². The van der Waals surface area contributed by atoms with Gasteiger partial charge in [0.2, 0.25) is 0 Å². The predicted octanol–water partition coefficient (Wildman–Crippen LogP) is 3.45. The Morgan fingerprint density at radius 2 is 2.08 bits per heavy atom. The summed E-state index contributed by atoms with van der Waals surface area (Å²) in [5.41, 5.74) is 1.33. The normalized spacial score (nSPS) is 12.1. The van der Waals surface area contributed by atoms with Crippen LogP contribution in [0.3, 0.4) is 0 Å². The van der Waals surface area contributed by atoms with Crippen LogP contribution in [0.5, 0.6) is 0 Å². The minimum atomic E-state index is 0.699. The van der Waals surface area contributed by atoms with Crippen LogP contribution in [0.15, 0.2) is 36.1 Å². The highest BCUT2D eigenvalue weighted by molar-refractivity contribution is 5.23. The second-order valence-electron chi connectivity index (χ2n) is 2.62. The molecule has 0 aromatic carbocycles. The molecule has 0 aliphatic rings. The van der Waals surface area contributed by atoms with Crippen molar-refractivity contribution in [2.75, 3.05) is 7.11 Å². The van der Waals surface area contributed by atoms with Crippen molar-refractivity contribution in [3.8, 4) is 0 Å². The maximum atomic E-state index is 4.91. The van der Waals surface area contributed by atoms with E-state index in [-0.39, 0.29) is 0 Å². The zero-order valence-electron chi connectivity index (χ0n) is 8.26. The first-order valence-corrected chi connectivity index (χ1v) is 4.30. The minimum absolute atomic E-state index is 0.699. The lowest BCUT2D eigenvalue weighted by molar-refractivity contribution is 0.309. The lowest BCUT2D eigenvalue weighted by Crippen LogP contribution is -1.80. The van der Waals surface area contributed by atoms with Gasteiger partial charge in [0, 0.05) is 0 Å². The van der Waals surface area contributed by atoms with Crippen molar-refractivity contribution in [2.24, 2.45) is 0 Å². The summed E-state index contributed by atoms with van der Waals surface area (Å²) in [5, 5.41) is 0. The third kappa shape index (κ3) is 4.78. The highest BCUT2D eigenvalue weighted by Crippen LogP contribution is 2.07. The average Bonchev–Trinajstić information content (AvgIpc) is 2.11. The molecular formula is C11H18O. The molecule has 0 amide bonds. The minimum Gasteiger partial charge on any atom is -0.497 e. The van der Waals surface area contributed by atoms with Crippen molar-refractivity contribution in [1.29, 1.82) is 0 Å². The van der Waals surface area contributed by atoms with Gasteiger partial charge in [0.1, 0.15) is 5.76 Å². The van der Waals surface area contributed by atoms with Crippen LogP contribution in [0, 0.1) is 0 Å². The highest BCUT2D eigenvalue weighted by atomic mass is 16.5. The lowest BCUT2D eigenvalue weighted by atomic mass is 10.1. The molecule has 0 heterocycles. The summed E-state index contributed by atoms with van der Waals surface area (Å²) in [6, 6.07) is 0. The van der Waals surface area contributed by atoms with Crippen molar-refractivity contribution in [3.05, 3.63) is 36.1 Å². The summed E-state index contributed by atoms with van der Waals surface area (Å²) in [7, 11) is 1.63. The molecule has 12 heavy (non-hydrogen) atoms. The van der Waals surface area contributed by atoms with Gasteiger partial charge in [-0.25, -0.2) is 0 Å². The van der Waals surface area contributed by atoms with E-state index in [1.54, 1.807) is 7.11 Å². The third-order valence-electron chi connectivity index (χ3n) is 1.65. The molecule has 1 nitrogen and oxygen atoms in total. The maximum Gasteiger partial charge on any atom is 0.111 e. The van der Waals surface area contributed by atoms with E-state index in [2.05, 4.69) is 25.7 Å². The van der Waals surface area contributed by atoms with Gasteiger partial charge in [-0.1, -0.05) is 37.6 Å². The van der Waals surface area contributed by atoms with Crippen molar-refractivity contribution in [1.82, 2.24) is 0 Å². The number of allylic oxidation sites excluding steroid dienone is 4. The van der Waals surface area contributed by atoms with Crippen LogP contribution in [-0.4, -0.2) is 7.11 Å². The van der Waals surface area contributed by atoms with Crippen LogP contribution in [0.4, 0.5) is 0 Å². The number of methoxy groups -OCH3 is 1. The van der Waals surface area contributed by atoms with Crippen molar-refractivity contribution < 1.29 is 4.74 Å². The third-order valence-corrected chi connectivity index (χ3v) is 1.65. The van der Waals surface area contributed by atoms with E-state index >= 15 is 0 Å². The molecule has 1 heteroatoms. The van der Waals surface area contributed by atoms with Gasteiger partial charge in [0.25, 0.3) is 0 Å². The maximum absolute atomic E-state index is 4.91. The number of rotatable bonds is 5. The van der Waals surface area contributed by atoms with E-state index in [4.69, 9.17) is 4.74 Å². The molecule has 0 rings (SSSR count). The summed E-state index contributed by atoms with van der Waals surface area (Å²) in [6.07, 6.45) is 8.34. The molecule has 0 bridgehead atoms. The Bertz CT molecular complexity index is 187. The highest BCUT2D eigenvalue weighted by Gasteiger charge is 1.88. The van der Waals surface area contributed by atoms with Crippen LogP contribution < -0.4 is 0 Å². The van der Waals surface area contributed by atoms with E-state index in [0.717, 1.165) is 6.42 Å². The summed E-state index contributed by atoms with van der Waals surface area (Å²) in [5.74, 6) is 0.699.